The highest BCUT2D eigenvalue weighted by Gasteiger charge is 2.27. The maximum Gasteiger partial charge on any atom is 0.269 e. The van der Waals surface area contributed by atoms with Gasteiger partial charge in [-0.15, -0.1) is 0 Å². The molecular weight excluding hydrogens is 411 g/mol. The second kappa shape index (κ2) is 8.03. The molecule has 0 aliphatic carbocycles. The lowest BCUT2D eigenvalue weighted by Gasteiger charge is -2.25. The summed E-state index contributed by atoms with van der Waals surface area (Å²) in [5.74, 6) is 0.181. The summed E-state index contributed by atoms with van der Waals surface area (Å²) in [6.07, 6.45) is -0.830. The van der Waals surface area contributed by atoms with E-state index in [1.165, 1.54) is 36.4 Å². The highest BCUT2D eigenvalue weighted by atomic mass is 32.2. The number of carbonyl (C=O) groups is 1. The Kier molecular flexibility index (Phi) is 5.28. The number of ether oxygens (including phenoxy) is 2. The number of sulfonamides is 1. The number of hydrogen-bond acceptors (Lipinski definition) is 5. The summed E-state index contributed by atoms with van der Waals surface area (Å²) >= 11 is 0. The Morgan fingerprint density at radius 3 is 2.23 bits per heavy atom. The molecule has 0 saturated heterocycles. The minimum absolute atomic E-state index is 0.00370. The van der Waals surface area contributed by atoms with Crippen LogP contribution in [0, 0.1) is 5.82 Å². The first-order chi connectivity index (χ1) is 14.4. The molecule has 0 spiro atoms. The summed E-state index contributed by atoms with van der Waals surface area (Å²) in [5.41, 5.74) is 0.645. The first kappa shape index (κ1) is 19.7. The summed E-state index contributed by atoms with van der Waals surface area (Å²) in [5, 5.41) is 2.68. The van der Waals surface area contributed by atoms with Crippen LogP contribution in [0.4, 0.5) is 15.8 Å². The molecule has 154 valence electrons. The fourth-order valence-electron chi connectivity index (χ4n) is 2.82. The molecule has 1 heterocycles. The summed E-state index contributed by atoms with van der Waals surface area (Å²) < 4.78 is 51.4. The van der Waals surface area contributed by atoms with Gasteiger partial charge in [0.1, 0.15) is 12.4 Å². The van der Waals surface area contributed by atoms with E-state index >= 15 is 0 Å². The molecule has 1 amide bonds. The topological polar surface area (TPSA) is 93.7 Å². The van der Waals surface area contributed by atoms with Crippen molar-refractivity contribution < 1.29 is 27.1 Å². The van der Waals surface area contributed by atoms with Gasteiger partial charge in [0, 0.05) is 11.4 Å². The molecule has 2 N–H and O–H groups in total. The summed E-state index contributed by atoms with van der Waals surface area (Å²) in [7, 11) is -3.86. The lowest BCUT2D eigenvalue weighted by Crippen LogP contribution is -2.40. The SMILES string of the molecule is O=C(Nc1ccc(S(=O)(=O)Nc2ccc(F)cc2)cc1)[C@H]1COc2ccccc2O1. The Morgan fingerprint density at radius 2 is 1.53 bits per heavy atom. The maximum atomic E-state index is 13.0. The minimum Gasteiger partial charge on any atom is -0.485 e. The Bertz CT molecular complexity index is 1160. The van der Waals surface area contributed by atoms with E-state index < -0.39 is 27.9 Å². The van der Waals surface area contributed by atoms with Crippen LogP contribution in [0.2, 0.25) is 0 Å². The van der Waals surface area contributed by atoms with Crippen molar-refractivity contribution in [3.63, 3.8) is 0 Å². The van der Waals surface area contributed by atoms with E-state index in [0.29, 0.717) is 17.2 Å². The number of para-hydroxylation sites is 2. The zero-order valence-electron chi connectivity index (χ0n) is 15.5. The van der Waals surface area contributed by atoms with Gasteiger partial charge in [-0.1, -0.05) is 12.1 Å². The fourth-order valence-corrected chi connectivity index (χ4v) is 3.88. The van der Waals surface area contributed by atoms with Crippen LogP contribution in [0.25, 0.3) is 0 Å². The lowest BCUT2D eigenvalue weighted by atomic mass is 10.2. The highest BCUT2D eigenvalue weighted by Crippen LogP contribution is 2.31. The van der Waals surface area contributed by atoms with Crippen LogP contribution in [-0.4, -0.2) is 27.0 Å². The molecule has 3 aromatic rings. The van der Waals surface area contributed by atoms with Crippen LogP contribution in [0.5, 0.6) is 11.5 Å². The van der Waals surface area contributed by atoms with Crippen molar-refractivity contribution in [3.05, 3.63) is 78.6 Å². The van der Waals surface area contributed by atoms with Gasteiger partial charge in [-0.25, -0.2) is 12.8 Å². The number of rotatable bonds is 5. The van der Waals surface area contributed by atoms with Gasteiger partial charge in [0.25, 0.3) is 15.9 Å². The van der Waals surface area contributed by atoms with Gasteiger partial charge in [0.05, 0.1) is 4.90 Å². The van der Waals surface area contributed by atoms with Crippen LogP contribution in [0.1, 0.15) is 0 Å². The number of fused-ring (bicyclic) bond motifs is 1. The van der Waals surface area contributed by atoms with Gasteiger partial charge < -0.3 is 14.8 Å². The zero-order valence-corrected chi connectivity index (χ0v) is 16.4. The highest BCUT2D eigenvalue weighted by molar-refractivity contribution is 7.92. The van der Waals surface area contributed by atoms with E-state index in [1.807, 2.05) is 6.07 Å². The molecule has 0 saturated carbocycles. The summed E-state index contributed by atoms with van der Waals surface area (Å²) in [6.45, 7) is 0.0664. The van der Waals surface area contributed by atoms with Gasteiger partial charge >= 0.3 is 0 Å². The first-order valence-corrected chi connectivity index (χ1v) is 10.5. The van der Waals surface area contributed by atoms with E-state index in [-0.39, 0.29) is 17.2 Å². The number of nitrogens with one attached hydrogen (secondary N) is 2. The largest absolute Gasteiger partial charge is 0.485 e. The molecule has 7 nitrogen and oxygen atoms in total. The molecular formula is C21H17FN2O5S. The molecule has 1 atom stereocenters. The average molecular weight is 428 g/mol. The molecule has 9 heteroatoms. The molecule has 0 unspecified atom stereocenters. The van der Waals surface area contributed by atoms with E-state index in [4.69, 9.17) is 9.47 Å². The molecule has 3 aromatic carbocycles. The van der Waals surface area contributed by atoms with Crippen LogP contribution >= 0.6 is 0 Å². The van der Waals surface area contributed by atoms with Crippen LogP contribution < -0.4 is 19.5 Å². The van der Waals surface area contributed by atoms with Crippen molar-refractivity contribution >= 4 is 27.3 Å². The van der Waals surface area contributed by atoms with E-state index in [9.17, 15) is 17.6 Å². The maximum absolute atomic E-state index is 13.0. The standard InChI is InChI=1S/C21H17FN2O5S/c22-14-5-7-16(8-6-14)24-30(26,27)17-11-9-15(10-12-17)23-21(25)20-13-28-18-3-1-2-4-19(18)29-20/h1-12,20,24H,13H2,(H,23,25)/t20-/m1/s1. The molecule has 0 radical (unpaired) electrons. The first-order valence-electron chi connectivity index (χ1n) is 8.98. The Labute approximate surface area is 172 Å². The number of anilines is 2. The quantitative estimate of drug-likeness (QED) is 0.650. The average Bonchev–Trinajstić information content (AvgIpc) is 2.75. The zero-order chi connectivity index (χ0) is 21.1. The van der Waals surface area contributed by atoms with E-state index in [1.54, 1.807) is 18.2 Å². The monoisotopic (exact) mass is 428 g/mol. The molecule has 0 aromatic heterocycles. The van der Waals surface area contributed by atoms with E-state index in [2.05, 4.69) is 10.0 Å². The van der Waals surface area contributed by atoms with Gasteiger partial charge in [-0.05, 0) is 60.7 Å². The van der Waals surface area contributed by atoms with Crippen molar-refractivity contribution in [2.45, 2.75) is 11.0 Å². The third kappa shape index (κ3) is 4.36. The smallest absolute Gasteiger partial charge is 0.269 e. The summed E-state index contributed by atoms with van der Waals surface area (Å²) in [4.78, 5) is 12.4. The number of carbonyl (C=O) groups excluding carboxylic acids is 1. The number of halogens is 1. The Hall–Kier alpha value is -3.59. The normalized spacial score (nSPS) is 15.3. The van der Waals surface area contributed by atoms with Gasteiger partial charge in [-0.3, -0.25) is 9.52 Å². The third-order valence-electron chi connectivity index (χ3n) is 4.33. The second-order valence-electron chi connectivity index (χ2n) is 6.49. The number of amides is 1. The third-order valence-corrected chi connectivity index (χ3v) is 5.73. The molecule has 0 bridgehead atoms. The number of hydrogen-bond donors (Lipinski definition) is 2. The molecule has 30 heavy (non-hydrogen) atoms. The molecule has 1 aliphatic heterocycles. The van der Waals surface area contributed by atoms with Crippen molar-refractivity contribution in [1.82, 2.24) is 0 Å². The van der Waals surface area contributed by atoms with Crippen LogP contribution in [-0.2, 0) is 14.8 Å². The van der Waals surface area contributed by atoms with Crippen molar-refractivity contribution in [1.29, 1.82) is 0 Å². The van der Waals surface area contributed by atoms with Gasteiger partial charge in [0.2, 0.25) is 6.10 Å². The summed E-state index contributed by atoms with van der Waals surface area (Å²) in [6, 6.07) is 17.7. The van der Waals surface area contributed by atoms with E-state index in [0.717, 1.165) is 12.1 Å². The number of benzene rings is 3. The minimum atomic E-state index is -3.86. The predicted octanol–water partition coefficient (Wildman–Crippen LogP) is 3.41. The van der Waals surface area contributed by atoms with Gasteiger partial charge in [-0.2, -0.15) is 0 Å². The molecule has 4 rings (SSSR count). The lowest BCUT2D eigenvalue weighted by molar-refractivity contribution is -0.125. The van der Waals surface area contributed by atoms with Crippen molar-refractivity contribution in [3.8, 4) is 11.5 Å². The van der Waals surface area contributed by atoms with Crippen LogP contribution in [0.15, 0.2) is 77.7 Å². The molecule has 0 fully saturated rings. The predicted molar refractivity (Wildman–Crippen MR) is 109 cm³/mol. The van der Waals surface area contributed by atoms with Crippen molar-refractivity contribution in [2.75, 3.05) is 16.6 Å². The molecule has 1 aliphatic rings. The van der Waals surface area contributed by atoms with Crippen molar-refractivity contribution in [2.24, 2.45) is 0 Å². The Balaban J connectivity index is 1.41. The fraction of sp³-hybridized carbons (Fsp3) is 0.0952. The second-order valence-corrected chi connectivity index (χ2v) is 8.17. The van der Waals surface area contributed by atoms with Crippen LogP contribution in [0.3, 0.4) is 0 Å². The Morgan fingerprint density at radius 1 is 0.900 bits per heavy atom. The van der Waals surface area contributed by atoms with Gasteiger partial charge in [0.15, 0.2) is 11.5 Å².